The summed E-state index contributed by atoms with van der Waals surface area (Å²) in [5, 5.41) is 2.74. The van der Waals surface area contributed by atoms with Crippen molar-refractivity contribution in [2.75, 3.05) is 20.2 Å². The van der Waals surface area contributed by atoms with Crippen LogP contribution in [0.2, 0.25) is 0 Å². The van der Waals surface area contributed by atoms with Crippen LogP contribution in [-0.2, 0) is 14.3 Å². The molecule has 3 N–H and O–H groups in total. The Hall–Kier alpha value is -5.11. The van der Waals surface area contributed by atoms with E-state index in [1.807, 2.05) is 67.4 Å². The maximum atomic E-state index is 13.8. The number of nitrogens with one attached hydrogen (secondary N) is 3. The number of aromatic nitrogens is 4. The third kappa shape index (κ3) is 7.24. The lowest BCUT2D eigenvalue weighted by atomic mass is 9.92. The van der Waals surface area contributed by atoms with Gasteiger partial charge in [0, 0.05) is 30.1 Å². The Kier molecular flexibility index (Phi) is 9.51. The predicted molar refractivity (Wildman–Crippen MR) is 210 cm³/mol. The zero-order chi connectivity index (χ0) is 38.6. The van der Waals surface area contributed by atoms with E-state index in [4.69, 9.17) is 14.7 Å². The van der Waals surface area contributed by atoms with Gasteiger partial charge in [-0.2, -0.15) is 0 Å². The van der Waals surface area contributed by atoms with E-state index in [1.165, 1.54) is 20.0 Å². The molecule has 11 heteroatoms. The summed E-state index contributed by atoms with van der Waals surface area (Å²) in [5.74, 6) is 8.66. The number of ether oxygens (including phenoxy) is 1. The molecule has 55 heavy (non-hydrogen) atoms. The highest BCUT2D eigenvalue weighted by Crippen LogP contribution is 2.59. The molecule has 2 aliphatic heterocycles. The molecule has 288 valence electrons. The first-order valence-corrected chi connectivity index (χ1v) is 20.0. The lowest BCUT2D eigenvalue weighted by molar-refractivity contribution is -0.138. The minimum atomic E-state index is -0.677. The van der Waals surface area contributed by atoms with Gasteiger partial charge in [-0.3, -0.25) is 9.59 Å². The average molecular weight is 744 g/mol. The smallest absolute Gasteiger partial charge is 0.407 e. The largest absolute Gasteiger partial charge is 0.453 e. The van der Waals surface area contributed by atoms with Crippen LogP contribution in [0.4, 0.5) is 4.79 Å². The number of fused-ring (bicyclic) bond motifs is 1. The maximum absolute atomic E-state index is 13.8. The topological polar surface area (TPSA) is 136 Å². The number of methoxy groups -OCH3 is 1. The van der Waals surface area contributed by atoms with Crippen LogP contribution < -0.4 is 5.32 Å². The van der Waals surface area contributed by atoms with E-state index >= 15 is 0 Å². The number of hydrogen-bond acceptors (Lipinski definition) is 6. The minimum Gasteiger partial charge on any atom is -0.453 e. The highest BCUT2D eigenvalue weighted by Gasteiger charge is 2.56. The molecule has 4 aliphatic rings. The fourth-order valence-corrected chi connectivity index (χ4v) is 8.67. The number of alkyl carbamates (subject to hydrolysis) is 1. The van der Waals surface area contributed by atoms with Crippen molar-refractivity contribution in [1.82, 2.24) is 35.1 Å². The standard InChI is InChI=1S/C44H53N7O4/c1-7-27(4)28(5)40(52)50-24-44(18-19-44)22-36(50)39-46-32-15-12-30(20-33(32)47-39)9-8-29-10-13-31(14-11-29)34-23-45-38(48-34)35-21-43(16-17-43)25-51(35)41(53)37(26(2)3)49-42(54)55-6/h10-15,20,23,26-28,35-37H,7,16-19,21-22,24-25H2,1-6H3,(H,45,48)(H,46,47)(H,49,54)/t27-,28+,35+,36+,37+/m1/s1. The molecular weight excluding hydrogens is 691 g/mol. The molecule has 11 nitrogen and oxygen atoms in total. The third-order valence-corrected chi connectivity index (χ3v) is 13.0. The van der Waals surface area contributed by atoms with E-state index < -0.39 is 12.1 Å². The minimum absolute atomic E-state index is 0.00412. The number of likely N-dealkylation sites (tertiary alicyclic amines) is 2. The first-order valence-electron chi connectivity index (χ1n) is 20.0. The summed E-state index contributed by atoms with van der Waals surface area (Å²) in [4.78, 5) is 60.4. The summed E-state index contributed by atoms with van der Waals surface area (Å²) in [6.07, 6.45) is 8.61. The van der Waals surface area contributed by atoms with Crippen molar-refractivity contribution in [2.45, 2.75) is 97.7 Å². The maximum Gasteiger partial charge on any atom is 0.407 e. The van der Waals surface area contributed by atoms with E-state index in [9.17, 15) is 14.4 Å². The van der Waals surface area contributed by atoms with Gasteiger partial charge in [-0.05, 0) is 97.1 Å². The molecule has 2 spiro atoms. The van der Waals surface area contributed by atoms with Crippen molar-refractivity contribution in [1.29, 1.82) is 0 Å². The Balaban J connectivity index is 0.957. The van der Waals surface area contributed by atoms with Gasteiger partial charge in [0.15, 0.2) is 0 Å². The van der Waals surface area contributed by atoms with Crippen molar-refractivity contribution < 1.29 is 19.1 Å². The van der Waals surface area contributed by atoms with Crippen LogP contribution in [0, 0.1) is 40.4 Å². The quantitative estimate of drug-likeness (QED) is 0.152. The molecule has 2 saturated heterocycles. The number of benzene rings is 2. The van der Waals surface area contributed by atoms with Crippen LogP contribution in [0.15, 0.2) is 48.7 Å². The van der Waals surface area contributed by atoms with Gasteiger partial charge in [-0.1, -0.05) is 65.0 Å². The molecule has 0 unspecified atom stereocenters. The predicted octanol–water partition coefficient (Wildman–Crippen LogP) is 7.52. The summed E-state index contributed by atoms with van der Waals surface area (Å²) < 4.78 is 4.81. The van der Waals surface area contributed by atoms with E-state index in [0.717, 1.165) is 83.7 Å². The number of carbonyl (C=O) groups excluding carboxylic acids is 3. The van der Waals surface area contributed by atoms with E-state index in [0.29, 0.717) is 12.5 Å². The lowest BCUT2D eigenvalue weighted by Crippen LogP contribution is -2.51. The Labute approximate surface area is 323 Å². The number of imidazole rings is 2. The Morgan fingerprint density at radius 3 is 2.11 bits per heavy atom. The highest BCUT2D eigenvalue weighted by molar-refractivity contribution is 5.86. The van der Waals surface area contributed by atoms with Gasteiger partial charge in [0.05, 0.1) is 42.1 Å². The molecule has 2 saturated carbocycles. The Bertz CT molecular complexity index is 2170. The number of nitrogens with zero attached hydrogens (tertiary/aromatic N) is 4. The van der Waals surface area contributed by atoms with E-state index in [1.54, 1.807) is 0 Å². The van der Waals surface area contributed by atoms with Gasteiger partial charge in [-0.25, -0.2) is 14.8 Å². The lowest BCUT2D eigenvalue weighted by Gasteiger charge is -2.30. The normalized spacial score (nSPS) is 22.1. The van der Waals surface area contributed by atoms with Crippen molar-refractivity contribution in [3.63, 3.8) is 0 Å². The number of amides is 3. The van der Waals surface area contributed by atoms with Crippen LogP contribution in [0.1, 0.15) is 114 Å². The number of carbonyl (C=O) groups is 3. The summed E-state index contributed by atoms with van der Waals surface area (Å²) in [7, 11) is 1.31. The van der Waals surface area contributed by atoms with Crippen LogP contribution >= 0.6 is 0 Å². The average Bonchev–Trinajstić information content (AvgIpc) is 3.80. The van der Waals surface area contributed by atoms with Gasteiger partial charge in [-0.15, -0.1) is 0 Å². The molecule has 2 aliphatic carbocycles. The number of rotatable bonds is 9. The molecule has 2 aromatic carbocycles. The molecule has 0 bridgehead atoms. The monoisotopic (exact) mass is 743 g/mol. The molecule has 8 rings (SSSR count). The van der Waals surface area contributed by atoms with E-state index in [2.05, 4.69) is 52.8 Å². The van der Waals surface area contributed by atoms with Crippen LogP contribution in [0.25, 0.3) is 22.3 Å². The highest BCUT2D eigenvalue weighted by atomic mass is 16.5. The summed E-state index contributed by atoms with van der Waals surface area (Å²) in [6, 6.07) is 13.3. The first-order chi connectivity index (χ1) is 26.4. The first kappa shape index (κ1) is 36.8. The second-order valence-electron chi connectivity index (χ2n) is 17.3. The SMILES string of the molecule is CC[C@@H](C)[C@H](C)C(=O)N1CC2(CC2)C[C@H]1c1nc2ccc(C#Cc3ccc(-c4cnc([C@@H]5CC6(CC6)CN5C(=O)[C@@H](NC(=O)OC)C(C)C)[nH]4)cc3)cc2[nH]1. The van der Waals surface area contributed by atoms with Crippen molar-refractivity contribution in [3.05, 3.63) is 71.4 Å². The van der Waals surface area contributed by atoms with Gasteiger partial charge in [0.25, 0.3) is 0 Å². The number of hydrogen-bond donors (Lipinski definition) is 3. The zero-order valence-electron chi connectivity index (χ0n) is 32.9. The second-order valence-corrected chi connectivity index (χ2v) is 17.3. The molecule has 4 fully saturated rings. The van der Waals surface area contributed by atoms with Crippen molar-refractivity contribution >= 4 is 28.9 Å². The second kappa shape index (κ2) is 14.2. The fraction of sp³-hybridized carbons (Fsp3) is 0.523. The van der Waals surface area contributed by atoms with Crippen LogP contribution in [-0.4, -0.2) is 73.9 Å². The van der Waals surface area contributed by atoms with Gasteiger partial charge < -0.3 is 29.8 Å². The molecule has 2 aromatic heterocycles. The Morgan fingerprint density at radius 2 is 1.49 bits per heavy atom. The van der Waals surface area contributed by atoms with Gasteiger partial charge in [0.2, 0.25) is 11.8 Å². The molecule has 0 radical (unpaired) electrons. The number of aromatic amines is 2. The van der Waals surface area contributed by atoms with Gasteiger partial charge in [0.1, 0.15) is 17.7 Å². The molecule has 4 heterocycles. The number of H-pyrrole nitrogens is 2. The Morgan fingerprint density at radius 1 is 0.873 bits per heavy atom. The third-order valence-electron chi connectivity index (χ3n) is 13.0. The summed E-state index contributed by atoms with van der Waals surface area (Å²) in [5.41, 5.74) is 5.84. The summed E-state index contributed by atoms with van der Waals surface area (Å²) in [6.45, 7) is 11.8. The van der Waals surface area contributed by atoms with E-state index in [-0.39, 0.29) is 46.6 Å². The molecule has 5 atom stereocenters. The van der Waals surface area contributed by atoms with Crippen LogP contribution in [0.3, 0.4) is 0 Å². The fourth-order valence-electron chi connectivity index (χ4n) is 8.67. The van der Waals surface area contributed by atoms with Crippen molar-refractivity contribution in [2.24, 2.45) is 28.6 Å². The van der Waals surface area contributed by atoms with Crippen LogP contribution in [0.5, 0.6) is 0 Å². The zero-order valence-corrected chi connectivity index (χ0v) is 32.9. The molecular formula is C44H53N7O4. The molecule has 4 aromatic rings. The van der Waals surface area contributed by atoms with Crippen molar-refractivity contribution in [3.8, 4) is 23.1 Å². The molecule has 3 amide bonds. The summed E-state index contributed by atoms with van der Waals surface area (Å²) >= 11 is 0. The van der Waals surface area contributed by atoms with Gasteiger partial charge >= 0.3 is 6.09 Å².